The van der Waals surface area contributed by atoms with E-state index < -0.39 is 0 Å². The molecule has 0 aliphatic heterocycles. The predicted octanol–water partition coefficient (Wildman–Crippen LogP) is 1.55. The molecule has 0 saturated heterocycles. The van der Waals surface area contributed by atoms with Crippen LogP contribution in [-0.4, -0.2) is 26.8 Å². The molecule has 2 aromatic rings. The van der Waals surface area contributed by atoms with Gasteiger partial charge in [-0.15, -0.1) is 5.10 Å². The molecule has 2 rings (SSSR count). The minimum atomic E-state index is -0.357. The molecular weight excluding hydrogens is 288 g/mol. The SMILES string of the molecule is O=C(CSc1nncc(=O)[nH]1)Nc1ccccc1Cl. The molecule has 98 valence electrons. The first-order valence-electron chi connectivity index (χ1n) is 5.24. The predicted molar refractivity (Wildman–Crippen MR) is 73.5 cm³/mol. The number of thioether (sulfide) groups is 1. The smallest absolute Gasteiger partial charge is 0.270 e. The summed E-state index contributed by atoms with van der Waals surface area (Å²) in [7, 11) is 0. The average molecular weight is 297 g/mol. The maximum Gasteiger partial charge on any atom is 0.270 e. The monoisotopic (exact) mass is 296 g/mol. The number of nitrogens with one attached hydrogen (secondary N) is 2. The summed E-state index contributed by atoms with van der Waals surface area (Å²) in [6, 6.07) is 6.94. The summed E-state index contributed by atoms with van der Waals surface area (Å²) in [5.74, 6) is -0.149. The Kier molecular flexibility index (Phi) is 4.53. The number of rotatable bonds is 4. The number of para-hydroxylation sites is 1. The number of nitrogens with zero attached hydrogens (tertiary/aromatic N) is 2. The molecule has 1 heterocycles. The summed E-state index contributed by atoms with van der Waals surface area (Å²) in [6.45, 7) is 0. The number of hydrogen-bond acceptors (Lipinski definition) is 5. The second kappa shape index (κ2) is 6.35. The van der Waals surface area contributed by atoms with E-state index in [-0.39, 0.29) is 17.2 Å². The van der Waals surface area contributed by atoms with Crippen molar-refractivity contribution in [2.24, 2.45) is 0 Å². The van der Waals surface area contributed by atoms with Gasteiger partial charge in [0.25, 0.3) is 5.56 Å². The molecule has 1 aromatic heterocycles. The second-order valence-electron chi connectivity index (χ2n) is 3.46. The first-order valence-corrected chi connectivity index (χ1v) is 6.60. The Balaban J connectivity index is 1.92. The molecule has 0 atom stereocenters. The fourth-order valence-electron chi connectivity index (χ4n) is 1.24. The van der Waals surface area contributed by atoms with Gasteiger partial charge in [0.1, 0.15) is 6.20 Å². The fourth-order valence-corrected chi connectivity index (χ4v) is 2.04. The largest absolute Gasteiger partial charge is 0.324 e. The Bertz CT molecular complexity index is 646. The van der Waals surface area contributed by atoms with Crippen LogP contribution >= 0.6 is 23.4 Å². The zero-order chi connectivity index (χ0) is 13.7. The van der Waals surface area contributed by atoms with Crippen LogP contribution in [0.1, 0.15) is 0 Å². The van der Waals surface area contributed by atoms with Crippen LogP contribution in [0.2, 0.25) is 5.02 Å². The third kappa shape index (κ3) is 4.08. The van der Waals surface area contributed by atoms with Crippen LogP contribution in [0.25, 0.3) is 0 Å². The van der Waals surface area contributed by atoms with Crippen LogP contribution in [0.5, 0.6) is 0 Å². The summed E-state index contributed by atoms with van der Waals surface area (Å²) in [5.41, 5.74) is 0.186. The third-order valence-corrected chi connectivity index (χ3v) is 3.23. The number of aromatic amines is 1. The van der Waals surface area contributed by atoms with E-state index in [9.17, 15) is 9.59 Å². The van der Waals surface area contributed by atoms with Gasteiger partial charge in [-0.2, -0.15) is 5.10 Å². The van der Waals surface area contributed by atoms with Crippen LogP contribution < -0.4 is 10.9 Å². The normalized spacial score (nSPS) is 10.2. The molecule has 0 spiro atoms. The van der Waals surface area contributed by atoms with Gasteiger partial charge in [-0.1, -0.05) is 35.5 Å². The number of halogens is 1. The van der Waals surface area contributed by atoms with Crippen LogP contribution in [0, 0.1) is 0 Å². The Morgan fingerprint density at radius 2 is 2.21 bits per heavy atom. The van der Waals surface area contributed by atoms with E-state index in [4.69, 9.17) is 11.6 Å². The van der Waals surface area contributed by atoms with E-state index in [0.29, 0.717) is 15.9 Å². The van der Waals surface area contributed by atoms with Crippen molar-refractivity contribution < 1.29 is 4.79 Å². The lowest BCUT2D eigenvalue weighted by Crippen LogP contribution is -2.15. The van der Waals surface area contributed by atoms with Gasteiger partial charge in [0.05, 0.1) is 16.5 Å². The van der Waals surface area contributed by atoms with Gasteiger partial charge >= 0.3 is 0 Å². The highest BCUT2D eigenvalue weighted by molar-refractivity contribution is 7.99. The Hall–Kier alpha value is -1.86. The van der Waals surface area contributed by atoms with E-state index in [2.05, 4.69) is 20.5 Å². The molecule has 0 unspecified atom stereocenters. The molecule has 0 fully saturated rings. The lowest BCUT2D eigenvalue weighted by Gasteiger charge is -2.05. The first kappa shape index (κ1) is 13.6. The minimum absolute atomic E-state index is 0.0971. The van der Waals surface area contributed by atoms with Gasteiger partial charge in [-0.3, -0.25) is 14.6 Å². The van der Waals surface area contributed by atoms with E-state index in [1.807, 2.05) is 0 Å². The zero-order valence-electron chi connectivity index (χ0n) is 9.59. The molecule has 1 aromatic carbocycles. The van der Waals surface area contributed by atoms with Crippen LogP contribution in [0.3, 0.4) is 0 Å². The van der Waals surface area contributed by atoms with Crippen molar-refractivity contribution in [1.82, 2.24) is 15.2 Å². The van der Waals surface area contributed by atoms with Gasteiger partial charge in [0, 0.05) is 0 Å². The number of amides is 1. The van der Waals surface area contributed by atoms with Crippen molar-refractivity contribution in [1.29, 1.82) is 0 Å². The van der Waals surface area contributed by atoms with Gasteiger partial charge in [-0.05, 0) is 12.1 Å². The molecule has 8 heteroatoms. The molecule has 1 amide bonds. The second-order valence-corrected chi connectivity index (χ2v) is 4.83. The van der Waals surface area contributed by atoms with Gasteiger partial charge in [-0.25, -0.2) is 0 Å². The maximum absolute atomic E-state index is 11.7. The van der Waals surface area contributed by atoms with E-state index in [1.165, 1.54) is 0 Å². The van der Waals surface area contributed by atoms with Gasteiger partial charge in [0.2, 0.25) is 5.91 Å². The van der Waals surface area contributed by atoms with Gasteiger partial charge in [0.15, 0.2) is 5.16 Å². The molecule has 0 saturated carbocycles. The van der Waals surface area contributed by atoms with Crippen molar-refractivity contribution in [3.63, 3.8) is 0 Å². The number of carbonyl (C=O) groups excluding carboxylic acids is 1. The summed E-state index contributed by atoms with van der Waals surface area (Å²) in [5, 5.41) is 10.6. The molecule has 19 heavy (non-hydrogen) atoms. The van der Waals surface area contributed by atoms with Crippen LogP contribution in [0.4, 0.5) is 5.69 Å². The molecular formula is C11H9ClN4O2S. The third-order valence-electron chi connectivity index (χ3n) is 2.04. The number of benzene rings is 1. The Morgan fingerprint density at radius 3 is 2.95 bits per heavy atom. The topological polar surface area (TPSA) is 87.7 Å². The summed E-state index contributed by atoms with van der Waals surface area (Å²) in [6.07, 6.45) is 1.06. The average Bonchev–Trinajstić information content (AvgIpc) is 2.39. The Labute approximate surface area is 117 Å². The number of anilines is 1. The molecule has 0 aliphatic carbocycles. The summed E-state index contributed by atoms with van der Waals surface area (Å²) in [4.78, 5) is 25.1. The summed E-state index contributed by atoms with van der Waals surface area (Å²) >= 11 is 7.00. The van der Waals surface area contributed by atoms with Gasteiger partial charge < -0.3 is 5.32 Å². The van der Waals surface area contributed by atoms with Crippen molar-refractivity contribution in [2.45, 2.75) is 5.16 Å². The van der Waals surface area contributed by atoms with Crippen molar-refractivity contribution in [2.75, 3.05) is 11.1 Å². The fraction of sp³-hybridized carbons (Fsp3) is 0.0909. The lowest BCUT2D eigenvalue weighted by molar-refractivity contribution is -0.113. The van der Waals surface area contributed by atoms with E-state index in [0.717, 1.165) is 18.0 Å². The van der Waals surface area contributed by atoms with E-state index >= 15 is 0 Å². The highest BCUT2D eigenvalue weighted by Gasteiger charge is 2.07. The molecule has 0 radical (unpaired) electrons. The van der Waals surface area contributed by atoms with Crippen LogP contribution in [-0.2, 0) is 4.79 Å². The highest BCUT2D eigenvalue weighted by atomic mass is 35.5. The standard InChI is InChI=1S/C11H9ClN4O2S/c12-7-3-1-2-4-8(7)14-10(18)6-19-11-15-9(17)5-13-16-11/h1-5H,6H2,(H,14,18)(H,15,16,17). The lowest BCUT2D eigenvalue weighted by atomic mass is 10.3. The number of hydrogen-bond donors (Lipinski definition) is 2. The van der Waals surface area contributed by atoms with E-state index in [1.54, 1.807) is 24.3 Å². The molecule has 0 bridgehead atoms. The number of carbonyl (C=O) groups is 1. The molecule has 2 N–H and O–H groups in total. The Morgan fingerprint density at radius 1 is 1.42 bits per heavy atom. The highest BCUT2D eigenvalue weighted by Crippen LogP contribution is 2.20. The quantitative estimate of drug-likeness (QED) is 0.836. The van der Waals surface area contributed by atoms with Crippen LogP contribution in [0.15, 0.2) is 40.4 Å². The maximum atomic E-state index is 11.7. The number of H-pyrrole nitrogens is 1. The van der Waals surface area contributed by atoms with Crippen molar-refractivity contribution >= 4 is 35.0 Å². The molecule has 0 aliphatic rings. The minimum Gasteiger partial charge on any atom is -0.324 e. The summed E-state index contributed by atoms with van der Waals surface area (Å²) < 4.78 is 0. The molecule has 6 nitrogen and oxygen atoms in total. The van der Waals surface area contributed by atoms with Crippen molar-refractivity contribution in [3.05, 3.63) is 45.8 Å². The number of aromatic nitrogens is 3. The van der Waals surface area contributed by atoms with Crippen molar-refractivity contribution in [3.8, 4) is 0 Å². The first-order chi connectivity index (χ1) is 9.15. The zero-order valence-corrected chi connectivity index (χ0v) is 11.2.